The number of aromatic amines is 1. The van der Waals surface area contributed by atoms with Gasteiger partial charge in [0, 0.05) is 18.0 Å². The summed E-state index contributed by atoms with van der Waals surface area (Å²) in [7, 11) is -6.97. The Hall–Kier alpha value is -1.09. The lowest BCUT2D eigenvalue weighted by Gasteiger charge is -2.03. The maximum atomic E-state index is 11.5. The van der Waals surface area contributed by atoms with Crippen LogP contribution in [0.4, 0.5) is 5.82 Å². The number of hydrogen-bond donors (Lipinski definition) is 2. The van der Waals surface area contributed by atoms with Gasteiger partial charge in [0.15, 0.2) is 5.82 Å². The van der Waals surface area contributed by atoms with Gasteiger partial charge in [-0.3, -0.25) is 9.82 Å². The van der Waals surface area contributed by atoms with Crippen LogP contribution in [-0.4, -0.2) is 44.8 Å². The molecule has 1 aromatic rings. The predicted octanol–water partition coefficient (Wildman–Crippen LogP) is -0.242. The maximum absolute atomic E-state index is 11.5. The van der Waals surface area contributed by atoms with Gasteiger partial charge >= 0.3 is 0 Å². The minimum Gasteiger partial charge on any atom is -0.280 e. The van der Waals surface area contributed by atoms with E-state index in [0.717, 1.165) is 11.9 Å². The molecule has 0 unspecified atom stereocenters. The zero-order chi connectivity index (χ0) is 13.1. The Morgan fingerprint density at radius 1 is 1.29 bits per heavy atom. The highest BCUT2D eigenvalue weighted by Crippen LogP contribution is 2.08. The second-order valence-corrected chi connectivity index (χ2v) is 7.78. The Bertz CT molecular complexity index is 574. The topological polar surface area (TPSA) is 109 Å². The fraction of sp³-hybridized carbons (Fsp3) is 0.625. The van der Waals surface area contributed by atoms with E-state index < -0.39 is 31.4 Å². The molecule has 0 spiro atoms. The molecule has 0 bridgehead atoms. The van der Waals surface area contributed by atoms with Crippen molar-refractivity contribution in [1.82, 2.24) is 10.2 Å². The van der Waals surface area contributed by atoms with Crippen LogP contribution in [0.5, 0.6) is 0 Å². The van der Waals surface area contributed by atoms with Crippen LogP contribution in [0, 0.1) is 0 Å². The van der Waals surface area contributed by atoms with Crippen molar-refractivity contribution in [3.8, 4) is 0 Å². The molecule has 0 aliphatic rings. The molecule has 0 saturated carbocycles. The zero-order valence-corrected chi connectivity index (χ0v) is 11.2. The van der Waals surface area contributed by atoms with Crippen LogP contribution in [0.3, 0.4) is 0 Å². The van der Waals surface area contributed by atoms with E-state index in [2.05, 4.69) is 14.9 Å². The van der Waals surface area contributed by atoms with Crippen LogP contribution in [-0.2, 0) is 26.3 Å². The third-order valence-electron chi connectivity index (χ3n) is 1.99. The standard InChI is InChI=1S/C8H15N3O4S2/c1-3-7-6-8(10-9-7)11-17(14,15)5-4-16(2,12)13/h6H,3-5H2,1-2H3,(H2,9,10,11). The van der Waals surface area contributed by atoms with E-state index in [9.17, 15) is 16.8 Å². The van der Waals surface area contributed by atoms with E-state index in [1.807, 2.05) is 6.92 Å². The van der Waals surface area contributed by atoms with Gasteiger partial charge in [-0.25, -0.2) is 16.8 Å². The molecule has 0 fully saturated rings. The molecular formula is C8H15N3O4S2. The molecule has 7 nitrogen and oxygen atoms in total. The molecule has 0 atom stereocenters. The molecule has 0 aliphatic heterocycles. The van der Waals surface area contributed by atoms with Crippen LogP contribution >= 0.6 is 0 Å². The van der Waals surface area contributed by atoms with E-state index in [0.29, 0.717) is 6.42 Å². The first-order chi connectivity index (χ1) is 7.72. The molecule has 0 amide bonds. The van der Waals surface area contributed by atoms with Crippen LogP contribution in [0.25, 0.3) is 0 Å². The summed E-state index contributed by atoms with van der Waals surface area (Å²) in [5, 5.41) is 6.41. The molecule has 1 aromatic heterocycles. The van der Waals surface area contributed by atoms with Crippen LogP contribution in [0.1, 0.15) is 12.6 Å². The average Bonchev–Trinajstić information content (AvgIpc) is 2.61. The number of H-pyrrole nitrogens is 1. The maximum Gasteiger partial charge on any atom is 0.234 e. The molecule has 9 heteroatoms. The molecule has 0 aliphatic carbocycles. The minimum atomic E-state index is -3.67. The van der Waals surface area contributed by atoms with Gasteiger partial charge in [-0.2, -0.15) is 5.10 Å². The van der Waals surface area contributed by atoms with E-state index in [4.69, 9.17) is 0 Å². The van der Waals surface area contributed by atoms with Crippen LogP contribution in [0.15, 0.2) is 6.07 Å². The second kappa shape index (κ2) is 5.05. The van der Waals surface area contributed by atoms with Gasteiger partial charge in [0.05, 0.1) is 11.5 Å². The molecule has 1 heterocycles. The third-order valence-corrected chi connectivity index (χ3v) is 4.46. The Morgan fingerprint density at radius 3 is 2.41 bits per heavy atom. The molecule has 17 heavy (non-hydrogen) atoms. The normalized spacial score (nSPS) is 12.6. The zero-order valence-electron chi connectivity index (χ0n) is 9.60. The number of aryl methyl sites for hydroxylation is 1. The Balaban J connectivity index is 2.67. The van der Waals surface area contributed by atoms with Crippen molar-refractivity contribution in [1.29, 1.82) is 0 Å². The van der Waals surface area contributed by atoms with Crippen molar-refractivity contribution in [3.05, 3.63) is 11.8 Å². The van der Waals surface area contributed by atoms with Gasteiger partial charge in [0.2, 0.25) is 10.0 Å². The van der Waals surface area contributed by atoms with Gasteiger partial charge in [-0.05, 0) is 6.42 Å². The summed E-state index contributed by atoms with van der Waals surface area (Å²) in [5.74, 6) is -0.705. The Morgan fingerprint density at radius 2 is 1.94 bits per heavy atom. The van der Waals surface area contributed by atoms with Crippen LogP contribution in [0.2, 0.25) is 0 Å². The summed E-state index contributed by atoms with van der Waals surface area (Å²) in [6.07, 6.45) is 1.70. The van der Waals surface area contributed by atoms with Crippen molar-refractivity contribution in [2.75, 3.05) is 22.5 Å². The lowest BCUT2D eigenvalue weighted by molar-refractivity contribution is 0.593. The monoisotopic (exact) mass is 281 g/mol. The Kier molecular flexibility index (Phi) is 4.15. The third kappa shape index (κ3) is 5.18. The van der Waals surface area contributed by atoms with Crippen molar-refractivity contribution in [3.63, 3.8) is 0 Å². The SMILES string of the molecule is CCc1cc(NS(=O)(=O)CCS(C)(=O)=O)n[nH]1. The average molecular weight is 281 g/mol. The number of hydrogen-bond acceptors (Lipinski definition) is 5. The molecule has 0 saturated heterocycles. The largest absolute Gasteiger partial charge is 0.280 e. The number of nitrogens with zero attached hydrogens (tertiary/aromatic N) is 1. The number of nitrogens with one attached hydrogen (secondary N) is 2. The number of sulfonamides is 1. The van der Waals surface area contributed by atoms with Crippen molar-refractivity contribution in [2.24, 2.45) is 0 Å². The van der Waals surface area contributed by atoms with E-state index >= 15 is 0 Å². The molecular weight excluding hydrogens is 266 g/mol. The minimum absolute atomic E-state index is 0.176. The number of rotatable bonds is 6. The molecule has 98 valence electrons. The summed E-state index contributed by atoms with van der Waals surface area (Å²) in [6, 6.07) is 1.57. The predicted molar refractivity (Wildman–Crippen MR) is 65.1 cm³/mol. The fourth-order valence-corrected chi connectivity index (χ4v) is 3.68. The highest BCUT2D eigenvalue weighted by molar-refractivity contribution is 7.95. The lowest BCUT2D eigenvalue weighted by atomic mass is 10.3. The first kappa shape index (κ1) is 14.0. The first-order valence-corrected chi connectivity index (χ1v) is 8.65. The quantitative estimate of drug-likeness (QED) is 0.748. The molecule has 0 radical (unpaired) electrons. The van der Waals surface area contributed by atoms with Gasteiger partial charge in [-0.1, -0.05) is 6.92 Å². The highest BCUT2D eigenvalue weighted by Gasteiger charge is 2.15. The summed E-state index contributed by atoms with van der Waals surface area (Å²) < 4.78 is 47.0. The molecule has 2 N–H and O–H groups in total. The van der Waals surface area contributed by atoms with Crippen molar-refractivity contribution in [2.45, 2.75) is 13.3 Å². The fourth-order valence-electron chi connectivity index (χ4n) is 1.07. The second-order valence-electron chi connectivity index (χ2n) is 3.68. The van der Waals surface area contributed by atoms with E-state index in [1.165, 1.54) is 0 Å². The summed E-state index contributed by atoms with van der Waals surface area (Å²) >= 11 is 0. The first-order valence-electron chi connectivity index (χ1n) is 4.94. The number of anilines is 1. The number of aromatic nitrogens is 2. The summed E-state index contributed by atoms with van der Waals surface area (Å²) in [6.45, 7) is 1.90. The van der Waals surface area contributed by atoms with Crippen molar-refractivity contribution >= 4 is 25.7 Å². The van der Waals surface area contributed by atoms with E-state index in [-0.39, 0.29) is 5.82 Å². The van der Waals surface area contributed by atoms with Gasteiger partial charge in [0.25, 0.3) is 0 Å². The van der Waals surface area contributed by atoms with Gasteiger partial charge in [-0.15, -0.1) is 0 Å². The van der Waals surface area contributed by atoms with Gasteiger partial charge in [0.1, 0.15) is 9.84 Å². The van der Waals surface area contributed by atoms with Crippen molar-refractivity contribution < 1.29 is 16.8 Å². The number of sulfone groups is 1. The lowest BCUT2D eigenvalue weighted by Crippen LogP contribution is -2.22. The molecule has 1 rings (SSSR count). The van der Waals surface area contributed by atoms with E-state index in [1.54, 1.807) is 6.07 Å². The van der Waals surface area contributed by atoms with Gasteiger partial charge < -0.3 is 0 Å². The highest BCUT2D eigenvalue weighted by atomic mass is 32.2. The van der Waals surface area contributed by atoms with Crippen LogP contribution < -0.4 is 4.72 Å². The summed E-state index contributed by atoms with van der Waals surface area (Å²) in [4.78, 5) is 0. The Labute approximate surface area is 101 Å². The summed E-state index contributed by atoms with van der Waals surface area (Å²) in [5.41, 5.74) is 0.797. The molecule has 0 aromatic carbocycles. The smallest absolute Gasteiger partial charge is 0.234 e.